The van der Waals surface area contributed by atoms with Gasteiger partial charge in [0.1, 0.15) is 11.0 Å². The molecule has 2 aliphatic heterocycles. The van der Waals surface area contributed by atoms with Gasteiger partial charge in [-0.1, -0.05) is 47.6 Å². The van der Waals surface area contributed by atoms with Crippen LogP contribution in [0.5, 0.6) is 0 Å². The number of benzene rings is 2. The molecule has 3 aromatic rings. The number of halogens is 4. The van der Waals surface area contributed by atoms with Crippen LogP contribution in [0, 0.1) is 0 Å². The number of amides is 2. The molecule has 0 bridgehead atoms. The first-order chi connectivity index (χ1) is 20.1. The van der Waals surface area contributed by atoms with E-state index in [0.717, 1.165) is 12.1 Å². The Bertz CT molecular complexity index is 1420. The Morgan fingerprint density at radius 1 is 0.929 bits per heavy atom. The first kappa shape index (κ1) is 30.0. The van der Waals surface area contributed by atoms with Crippen LogP contribution >= 0.6 is 23.4 Å². The van der Waals surface area contributed by atoms with E-state index in [2.05, 4.69) is 14.9 Å². The van der Waals surface area contributed by atoms with Crippen molar-refractivity contribution in [2.24, 2.45) is 0 Å². The lowest BCUT2D eigenvalue weighted by Crippen LogP contribution is -2.54. The monoisotopic (exact) mass is 618 g/mol. The fourth-order valence-electron chi connectivity index (χ4n) is 5.14. The van der Waals surface area contributed by atoms with Gasteiger partial charge in [-0.2, -0.15) is 13.2 Å². The van der Waals surface area contributed by atoms with Crippen LogP contribution < -0.4 is 9.80 Å². The average Bonchev–Trinajstić information content (AvgIpc) is 2.99. The summed E-state index contributed by atoms with van der Waals surface area (Å²) < 4.78 is 39.3. The van der Waals surface area contributed by atoms with E-state index in [1.165, 1.54) is 17.8 Å². The number of thioether (sulfide) groups is 1. The Labute approximate surface area is 251 Å². The fourth-order valence-corrected chi connectivity index (χ4v) is 6.12. The minimum atomic E-state index is -4.40. The fraction of sp³-hybridized carbons (Fsp3) is 0.379. The summed E-state index contributed by atoms with van der Waals surface area (Å²) in [5.74, 6) is 0.640. The largest absolute Gasteiger partial charge is 0.416 e. The van der Waals surface area contributed by atoms with Gasteiger partial charge in [-0.05, 0) is 37.3 Å². The molecule has 2 aromatic carbocycles. The predicted molar refractivity (Wildman–Crippen MR) is 157 cm³/mol. The number of hydrogen-bond donors (Lipinski definition) is 0. The van der Waals surface area contributed by atoms with E-state index >= 15 is 0 Å². The van der Waals surface area contributed by atoms with Crippen molar-refractivity contribution in [3.63, 3.8) is 0 Å². The highest BCUT2D eigenvalue weighted by atomic mass is 35.5. The van der Waals surface area contributed by atoms with Crippen molar-refractivity contribution in [3.8, 4) is 0 Å². The molecule has 13 heteroatoms. The number of piperazine rings is 2. The first-order valence-electron chi connectivity index (χ1n) is 13.6. The Hall–Kier alpha value is -3.51. The number of alkyl halides is 3. The van der Waals surface area contributed by atoms with E-state index < -0.39 is 11.7 Å². The van der Waals surface area contributed by atoms with Gasteiger partial charge in [-0.15, -0.1) is 0 Å². The van der Waals surface area contributed by atoms with Crippen molar-refractivity contribution in [1.29, 1.82) is 0 Å². The average molecular weight is 619 g/mol. The molecule has 2 fully saturated rings. The molecular formula is C29H30ClF3N6O2S. The standard InChI is InChI=1S/C29H30ClF3N6O2S/c1-20-18-38(14-15-39(20)27(41)21-6-3-2-4-7-21)25-17-24(30)34-28(35-25)42-19-26(40)37-12-10-36(11-13-37)23-9-5-8-22(16-23)29(31,32)33/h2-9,16-17,20H,10-15,18-19H2,1H3. The molecule has 222 valence electrons. The molecule has 0 saturated carbocycles. The normalized spacial score (nSPS) is 17.9. The van der Waals surface area contributed by atoms with E-state index in [4.69, 9.17) is 11.6 Å². The van der Waals surface area contributed by atoms with Gasteiger partial charge in [0.2, 0.25) is 5.91 Å². The molecular weight excluding hydrogens is 589 g/mol. The van der Waals surface area contributed by atoms with Gasteiger partial charge in [0, 0.05) is 69.2 Å². The summed E-state index contributed by atoms with van der Waals surface area (Å²) in [4.78, 5) is 42.3. The lowest BCUT2D eigenvalue weighted by atomic mass is 10.1. The van der Waals surface area contributed by atoms with Crippen molar-refractivity contribution in [2.75, 3.05) is 61.4 Å². The summed E-state index contributed by atoms with van der Waals surface area (Å²) in [6, 6.07) is 16.1. The molecule has 8 nitrogen and oxygen atoms in total. The second-order valence-corrected chi connectivity index (χ2v) is 11.5. The Morgan fingerprint density at radius 2 is 1.64 bits per heavy atom. The maximum atomic E-state index is 13.1. The molecule has 0 radical (unpaired) electrons. The molecule has 2 amide bonds. The third kappa shape index (κ3) is 7.09. The molecule has 42 heavy (non-hydrogen) atoms. The van der Waals surface area contributed by atoms with Gasteiger partial charge >= 0.3 is 6.18 Å². The lowest BCUT2D eigenvalue weighted by Gasteiger charge is -2.40. The highest BCUT2D eigenvalue weighted by Gasteiger charge is 2.32. The number of rotatable bonds is 6. The third-order valence-corrected chi connectivity index (χ3v) is 8.42. The van der Waals surface area contributed by atoms with E-state index in [-0.39, 0.29) is 28.8 Å². The van der Waals surface area contributed by atoms with Gasteiger partial charge < -0.3 is 19.6 Å². The molecule has 2 aliphatic rings. The quantitative estimate of drug-likeness (QED) is 0.220. The van der Waals surface area contributed by atoms with Crippen molar-refractivity contribution in [3.05, 3.63) is 76.9 Å². The SMILES string of the molecule is CC1CN(c2cc(Cl)nc(SCC(=O)N3CCN(c4cccc(C(F)(F)F)c4)CC3)n2)CCN1C(=O)c1ccccc1. The summed E-state index contributed by atoms with van der Waals surface area (Å²) in [5, 5.41) is 0.643. The number of carbonyl (C=O) groups is 2. The number of anilines is 2. The van der Waals surface area contributed by atoms with Crippen LogP contribution in [0.3, 0.4) is 0 Å². The maximum absolute atomic E-state index is 13.1. The Balaban J connectivity index is 1.14. The molecule has 0 aliphatic carbocycles. The number of hydrogen-bond acceptors (Lipinski definition) is 7. The summed E-state index contributed by atoms with van der Waals surface area (Å²) in [5.41, 5.74) is 0.460. The third-order valence-electron chi connectivity index (χ3n) is 7.39. The number of aromatic nitrogens is 2. The number of carbonyl (C=O) groups excluding carboxylic acids is 2. The zero-order chi connectivity index (χ0) is 29.9. The van der Waals surface area contributed by atoms with Crippen LogP contribution in [0.15, 0.2) is 65.8 Å². The van der Waals surface area contributed by atoms with E-state index in [9.17, 15) is 22.8 Å². The van der Waals surface area contributed by atoms with Crippen molar-refractivity contribution in [2.45, 2.75) is 24.3 Å². The number of nitrogens with zero attached hydrogens (tertiary/aromatic N) is 6. The van der Waals surface area contributed by atoms with Crippen molar-refractivity contribution < 1.29 is 22.8 Å². The van der Waals surface area contributed by atoms with Crippen LogP contribution in [0.4, 0.5) is 24.7 Å². The van der Waals surface area contributed by atoms with Gasteiger partial charge in [0.25, 0.3) is 5.91 Å². The summed E-state index contributed by atoms with van der Waals surface area (Å²) in [6.07, 6.45) is -4.40. The van der Waals surface area contributed by atoms with E-state index in [1.54, 1.807) is 17.0 Å². The Morgan fingerprint density at radius 3 is 2.33 bits per heavy atom. The first-order valence-corrected chi connectivity index (χ1v) is 14.9. The molecule has 0 spiro atoms. The molecule has 2 saturated heterocycles. The van der Waals surface area contributed by atoms with Crippen LogP contribution in [0.25, 0.3) is 0 Å². The maximum Gasteiger partial charge on any atom is 0.416 e. The molecule has 0 N–H and O–H groups in total. The predicted octanol–water partition coefficient (Wildman–Crippen LogP) is 4.94. The topological polar surface area (TPSA) is 72.9 Å². The highest BCUT2D eigenvalue weighted by molar-refractivity contribution is 7.99. The van der Waals surface area contributed by atoms with Crippen LogP contribution in [0.2, 0.25) is 5.15 Å². The van der Waals surface area contributed by atoms with Gasteiger partial charge in [0.05, 0.1) is 11.3 Å². The second kappa shape index (κ2) is 12.8. The van der Waals surface area contributed by atoms with Crippen LogP contribution in [-0.2, 0) is 11.0 Å². The van der Waals surface area contributed by atoms with Gasteiger partial charge in [-0.25, -0.2) is 9.97 Å². The van der Waals surface area contributed by atoms with Crippen molar-refractivity contribution in [1.82, 2.24) is 19.8 Å². The molecule has 1 atom stereocenters. The minimum Gasteiger partial charge on any atom is -0.368 e. The Kier molecular flexibility index (Phi) is 9.12. The van der Waals surface area contributed by atoms with Crippen LogP contribution in [0.1, 0.15) is 22.8 Å². The second-order valence-electron chi connectivity index (χ2n) is 10.2. The van der Waals surface area contributed by atoms with Crippen LogP contribution in [-0.4, -0.2) is 89.2 Å². The van der Waals surface area contributed by atoms with Crippen molar-refractivity contribution >= 4 is 46.7 Å². The van der Waals surface area contributed by atoms with Gasteiger partial charge in [0.15, 0.2) is 5.16 Å². The smallest absolute Gasteiger partial charge is 0.368 e. The van der Waals surface area contributed by atoms with E-state index in [0.29, 0.717) is 68.0 Å². The zero-order valence-corrected chi connectivity index (χ0v) is 24.5. The summed E-state index contributed by atoms with van der Waals surface area (Å²) >= 11 is 7.51. The zero-order valence-electron chi connectivity index (χ0n) is 22.9. The lowest BCUT2D eigenvalue weighted by molar-refractivity contribution is -0.137. The highest BCUT2D eigenvalue weighted by Crippen LogP contribution is 2.32. The van der Waals surface area contributed by atoms with E-state index in [1.807, 2.05) is 47.1 Å². The molecule has 5 rings (SSSR count). The minimum absolute atomic E-state index is 0.00566. The summed E-state index contributed by atoms with van der Waals surface area (Å²) in [6.45, 7) is 5.36. The molecule has 1 unspecified atom stereocenters. The molecule has 1 aromatic heterocycles. The summed E-state index contributed by atoms with van der Waals surface area (Å²) in [7, 11) is 0. The van der Waals surface area contributed by atoms with Gasteiger partial charge in [-0.3, -0.25) is 9.59 Å². The molecule has 3 heterocycles.